The third-order valence-electron chi connectivity index (χ3n) is 3.87. The first kappa shape index (κ1) is 14.5. The van der Waals surface area contributed by atoms with Crippen molar-refractivity contribution >= 4 is 34.2 Å². The zero-order valence-corrected chi connectivity index (χ0v) is 13.9. The number of benzene rings is 2. The number of nitrogens with one attached hydrogen (secondary N) is 2. The Bertz CT molecular complexity index is 657. The standard InChI is InChI=1S/C17H17IN2O/c18-15-7-3-4-8-16(15)19-17(21)12-20-10-9-13-5-1-2-6-14(13)11-20/h1-8H,9-12H2,(H,19,21)/p+1. The number of fused-ring (bicyclic) bond motifs is 1. The van der Waals surface area contributed by atoms with Gasteiger partial charge in [0.25, 0.3) is 5.91 Å². The summed E-state index contributed by atoms with van der Waals surface area (Å²) in [6, 6.07) is 16.4. The maximum atomic E-state index is 12.2. The number of carbonyl (C=O) groups excluding carboxylic acids is 1. The van der Waals surface area contributed by atoms with Gasteiger partial charge in [-0.25, -0.2) is 0 Å². The van der Waals surface area contributed by atoms with E-state index in [2.05, 4.69) is 52.2 Å². The molecule has 3 nitrogen and oxygen atoms in total. The van der Waals surface area contributed by atoms with E-state index in [1.807, 2.05) is 24.3 Å². The number of para-hydroxylation sites is 1. The molecule has 0 radical (unpaired) electrons. The Morgan fingerprint density at radius 1 is 1.10 bits per heavy atom. The maximum Gasteiger partial charge on any atom is 0.279 e. The highest BCUT2D eigenvalue weighted by Gasteiger charge is 2.21. The summed E-state index contributed by atoms with van der Waals surface area (Å²) in [6.45, 7) is 2.49. The molecule has 0 bridgehead atoms. The van der Waals surface area contributed by atoms with Gasteiger partial charge in [0.2, 0.25) is 0 Å². The zero-order valence-electron chi connectivity index (χ0n) is 11.7. The van der Waals surface area contributed by atoms with Crippen LogP contribution in [0.1, 0.15) is 11.1 Å². The summed E-state index contributed by atoms with van der Waals surface area (Å²) in [5.41, 5.74) is 3.71. The van der Waals surface area contributed by atoms with Gasteiger partial charge in [-0.3, -0.25) is 4.79 Å². The summed E-state index contributed by atoms with van der Waals surface area (Å²) in [7, 11) is 0. The van der Waals surface area contributed by atoms with Crippen LogP contribution in [0.4, 0.5) is 5.69 Å². The highest BCUT2D eigenvalue weighted by Crippen LogP contribution is 2.16. The van der Waals surface area contributed by atoms with Gasteiger partial charge >= 0.3 is 0 Å². The van der Waals surface area contributed by atoms with Gasteiger partial charge in [0.15, 0.2) is 6.54 Å². The number of carbonyl (C=O) groups is 1. The molecule has 0 fully saturated rings. The van der Waals surface area contributed by atoms with E-state index in [4.69, 9.17) is 0 Å². The fourth-order valence-electron chi connectivity index (χ4n) is 2.78. The average Bonchev–Trinajstić information content (AvgIpc) is 2.49. The molecule has 21 heavy (non-hydrogen) atoms. The van der Waals surface area contributed by atoms with Crippen molar-refractivity contribution < 1.29 is 9.69 Å². The first-order valence-electron chi connectivity index (χ1n) is 7.17. The molecule has 2 N–H and O–H groups in total. The van der Waals surface area contributed by atoms with Crippen LogP contribution in [0.15, 0.2) is 48.5 Å². The predicted molar refractivity (Wildman–Crippen MR) is 92.3 cm³/mol. The second kappa shape index (κ2) is 6.58. The molecule has 1 aliphatic rings. The van der Waals surface area contributed by atoms with Crippen molar-refractivity contribution in [2.45, 2.75) is 13.0 Å². The predicted octanol–water partition coefficient (Wildman–Crippen LogP) is 1.87. The van der Waals surface area contributed by atoms with Crippen LogP contribution >= 0.6 is 22.6 Å². The monoisotopic (exact) mass is 393 g/mol. The van der Waals surface area contributed by atoms with Crippen molar-refractivity contribution in [2.24, 2.45) is 0 Å². The molecule has 108 valence electrons. The molecule has 1 heterocycles. The Balaban J connectivity index is 1.60. The van der Waals surface area contributed by atoms with E-state index in [1.165, 1.54) is 16.0 Å². The van der Waals surface area contributed by atoms with Crippen LogP contribution < -0.4 is 10.2 Å². The van der Waals surface area contributed by atoms with Gasteiger partial charge in [-0.15, -0.1) is 0 Å². The smallest absolute Gasteiger partial charge is 0.279 e. The molecular formula is C17H18IN2O+. The van der Waals surface area contributed by atoms with Crippen LogP contribution in [-0.2, 0) is 17.8 Å². The lowest BCUT2D eigenvalue weighted by Crippen LogP contribution is -3.12. The molecular weight excluding hydrogens is 375 g/mol. The molecule has 2 aromatic rings. The van der Waals surface area contributed by atoms with Gasteiger partial charge in [0.1, 0.15) is 6.54 Å². The summed E-state index contributed by atoms with van der Waals surface area (Å²) in [5.74, 6) is 0.0912. The molecule has 0 saturated carbocycles. The topological polar surface area (TPSA) is 33.5 Å². The molecule has 4 heteroatoms. The van der Waals surface area contributed by atoms with E-state index in [0.29, 0.717) is 6.54 Å². The lowest BCUT2D eigenvalue weighted by molar-refractivity contribution is -0.907. The second-order valence-corrected chi connectivity index (χ2v) is 6.56. The number of rotatable bonds is 3. The molecule has 1 amide bonds. The number of quaternary nitrogens is 1. The highest BCUT2D eigenvalue weighted by atomic mass is 127. The Morgan fingerprint density at radius 2 is 1.81 bits per heavy atom. The lowest BCUT2D eigenvalue weighted by atomic mass is 10.00. The molecule has 0 spiro atoms. The molecule has 1 atom stereocenters. The fourth-order valence-corrected chi connectivity index (χ4v) is 3.30. The molecule has 0 aliphatic carbocycles. The minimum absolute atomic E-state index is 0.0912. The van der Waals surface area contributed by atoms with Gasteiger partial charge in [0.05, 0.1) is 12.2 Å². The van der Waals surface area contributed by atoms with Crippen molar-refractivity contribution in [3.05, 3.63) is 63.2 Å². The van der Waals surface area contributed by atoms with Crippen molar-refractivity contribution in [2.75, 3.05) is 18.4 Å². The number of halogens is 1. The number of hydrogen-bond acceptors (Lipinski definition) is 1. The lowest BCUT2D eigenvalue weighted by Gasteiger charge is -2.25. The van der Waals surface area contributed by atoms with Crippen molar-refractivity contribution in [3.8, 4) is 0 Å². The summed E-state index contributed by atoms with van der Waals surface area (Å²) >= 11 is 2.24. The summed E-state index contributed by atoms with van der Waals surface area (Å²) in [5, 5.41) is 3.01. The Kier molecular flexibility index (Phi) is 4.55. The van der Waals surface area contributed by atoms with Gasteiger partial charge in [-0.05, 0) is 40.3 Å². The minimum Gasteiger partial charge on any atom is -0.323 e. The number of anilines is 1. The van der Waals surface area contributed by atoms with Crippen LogP contribution in [0.5, 0.6) is 0 Å². The minimum atomic E-state index is 0.0912. The van der Waals surface area contributed by atoms with E-state index in [-0.39, 0.29) is 5.91 Å². The van der Waals surface area contributed by atoms with Gasteiger partial charge in [0, 0.05) is 15.6 Å². The normalized spacial score (nSPS) is 17.1. The van der Waals surface area contributed by atoms with Gasteiger partial charge in [-0.2, -0.15) is 0 Å². The van der Waals surface area contributed by atoms with Crippen molar-refractivity contribution in [3.63, 3.8) is 0 Å². The van der Waals surface area contributed by atoms with Gasteiger partial charge < -0.3 is 10.2 Å². The summed E-state index contributed by atoms with van der Waals surface area (Å²) in [6.07, 6.45) is 1.06. The van der Waals surface area contributed by atoms with Crippen LogP contribution in [-0.4, -0.2) is 19.0 Å². The fraction of sp³-hybridized carbons (Fsp3) is 0.235. The molecule has 0 aromatic heterocycles. The van der Waals surface area contributed by atoms with E-state index >= 15 is 0 Å². The summed E-state index contributed by atoms with van der Waals surface area (Å²) < 4.78 is 1.07. The summed E-state index contributed by atoms with van der Waals surface area (Å²) in [4.78, 5) is 13.5. The first-order chi connectivity index (χ1) is 10.2. The Labute approximate surface area is 138 Å². The van der Waals surface area contributed by atoms with E-state index < -0.39 is 0 Å². The Hall–Kier alpha value is -1.40. The zero-order chi connectivity index (χ0) is 14.7. The third kappa shape index (κ3) is 3.63. The van der Waals surface area contributed by atoms with Gasteiger partial charge in [-0.1, -0.05) is 36.4 Å². The second-order valence-electron chi connectivity index (χ2n) is 5.40. The number of amides is 1. The Morgan fingerprint density at radius 3 is 2.62 bits per heavy atom. The van der Waals surface area contributed by atoms with Crippen LogP contribution in [0.2, 0.25) is 0 Å². The van der Waals surface area contributed by atoms with Crippen LogP contribution in [0.25, 0.3) is 0 Å². The molecule has 1 aliphatic heterocycles. The first-order valence-corrected chi connectivity index (χ1v) is 8.25. The molecule has 1 unspecified atom stereocenters. The van der Waals surface area contributed by atoms with E-state index in [9.17, 15) is 4.79 Å². The number of hydrogen-bond donors (Lipinski definition) is 2. The largest absolute Gasteiger partial charge is 0.323 e. The molecule has 3 rings (SSSR count). The SMILES string of the molecule is O=C(C[NH+]1CCc2ccccc2C1)Nc1ccccc1I. The molecule has 2 aromatic carbocycles. The van der Waals surface area contributed by atoms with Crippen LogP contribution in [0.3, 0.4) is 0 Å². The van der Waals surface area contributed by atoms with Crippen LogP contribution in [0, 0.1) is 3.57 Å². The van der Waals surface area contributed by atoms with Crippen molar-refractivity contribution in [1.82, 2.24) is 0 Å². The van der Waals surface area contributed by atoms with E-state index in [0.717, 1.165) is 28.8 Å². The maximum absolute atomic E-state index is 12.2. The van der Waals surface area contributed by atoms with E-state index in [1.54, 1.807) is 0 Å². The molecule has 0 saturated heterocycles. The highest BCUT2D eigenvalue weighted by molar-refractivity contribution is 14.1. The quantitative estimate of drug-likeness (QED) is 0.768. The average molecular weight is 393 g/mol. The third-order valence-corrected chi connectivity index (χ3v) is 4.81. The van der Waals surface area contributed by atoms with Crippen molar-refractivity contribution in [1.29, 1.82) is 0 Å².